The van der Waals surface area contributed by atoms with Crippen LogP contribution in [0.5, 0.6) is 0 Å². The van der Waals surface area contributed by atoms with Gasteiger partial charge >= 0.3 is 0 Å². The van der Waals surface area contributed by atoms with E-state index in [9.17, 15) is 0 Å². The number of hydrogen-bond donors (Lipinski definition) is 1. The minimum Gasteiger partial charge on any atom is -0.315 e. The molecule has 1 N–H and O–H groups in total. The second-order valence-electron chi connectivity index (χ2n) is 6.28. The molecule has 19 heavy (non-hydrogen) atoms. The Morgan fingerprint density at radius 3 is 2.32 bits per heavy atom. The zero-order valence-corrected chi connectivity index (χ0v) is 13.0. The second kappa shape index (κ2) is 8.23. The van der Waals surface area contributed by atoms with Crippen molar-refractivity contribution in [3.8, 4) is 0 Å². The van der Waals surface area contributed by atoms with E-state index in [0.29, 0.717) is 0 Å². The van der Waals surface area contributed by atoms with Gasteiger partial charge in [0.2, 0.25) is 0 Å². The summed E-state index contributed by atoms with van der Waals surface area (Å²) in [6, 6.07) is 1.66. The lowest BCUT2D eigenvalue weighted by atomic mass is 10.1. The van der Waals surface area contributed by atoms with Crippen molar-refractivity contribution < 1.29 is 0 Å². The quantitative estimate of drug-likeness (QED) is 0.714. The summed E-state index contributed by atoms with van der Waals surface area (Å²) in [5.74, 6) is 0. The summed E-state index contributed by atoms with van der Waals surface area (Å²) in [7, 11) is 0. The molecule has 0 aromatic rings. The van der Waals surface area contributed by atoms with Gasteiger partial charge in [-0.25, -0.2) is 0 Å². The highest BCUT2D eigenvalue weighted by Gasteiger charge is 2.28. The first-order chi connectivity index (χ1) is 9.35. The molecule has 1 aliphatic carbocycles. The van der Waals surface area contributed by atoms with Gasteiger partial charge in [0.25, 0.3) is 0 Å². The van der Waals surface area contributed by atoms with Crippen molar-refractivity contribution in [2.75, 3.05) is 39.3 Å². The molecule has 0 spiro atoms. The minimum absolute atomic E-state index is 0.747. The predicted octanol–water partition coefficient (Wildman–Crippen LogP) is 2.32. The van der Waals surface area contributed by atoms with E-state index in [4.69, 9.17) is 0 Å². The molecule has 1 heterocycles. The van der Waals surface area contributed by atoms with Gasteiger partial charge in [-0.2, -0.15) is 0 Å². The average Bonchev–Trinajstić information content (AvgIpc) is 2.98. The molecule has 3 heteroatoms. The standard InChI is InChI=1S/C16H33N3/c1-3-9-17-14-15(4-2)18-10-12-19(13-11-18)16-7-5-6-8-16/h15-17H,3-14H2,1-2H3. The Kier molecular flexibility index (Phi) is 6.62. The highest BCUT2D eigenvalue weighted by atomic mass is 15.3. The molecule has 0 amide bonds. The first kappa shape index (κ1) is 15.3. The van der Waals surface area contributed by atoms with Crippen LogP contribution in [0.1, 0.15) is 52.4 Å². The predicted molar refractivity (Wildman–Crippen MR) is 82.6 cm³/mol. The van der Waals surface area contributed by atoms with Crippen molar-refractivity contribution in [1.29, 1.82) is 0 Å². The summed E-state index contributed by atoms with van der Waals surface area (Å²) < 4.78 is 0. The molecule has 0 aromatic carbocycles. The third-order valence-electron chi connectivity index (χ3n) is 4.98. The fourth-order valence-electron chi connectivity index (χ4n) is 3.71. The molecule has 112 valence electrons. The summed E-state index contributed by atoms with van der Waals surface area (Å²) >= 11 is 0. The van der Waals surface area contributed by atoms with Crippen molar-refractivity contribution in [1.82, 2.24) is 15.1 Å². The van der Waals surface area contributed by atoms with Crippen LogP contribution in [0.2, 0.25) is 0 Å². The zero-order valence-electron chi connectivity index (χ0n) is 13.0. The van der Waals surface area contributed by atoms with Gasteiger partial charge in [-0.3, -0.25) is 9.80 Å². The first-order valence-electron chi connectivity index (χ1n) is 8.54. The van der Waals surface area contributed by atoms with Crippen LogP contribution in [0.25, 0.3) is 0 Å². The van der Waals surface area contributed by atoms with Gasteiger partial charge in [0, 0.05) is 44.8 Å². The molecule has 1 saturated heterocycles. The van der Waals surface area contributed by atoms with Crippen LogP contribution in [0.4, 0.5) is 0 Å². The van der Waals surface area contributed by atoms with E-state index < -0.39 is 0 Å². The maximum atomic E-state index is 3.59. The van der Waals surface area contributed by atoms with E-state index in [-0.39, 0.29) is 0 Å². The molecule has 1 aliphatic heterocycles. The summed E-state index contributed by atoms with van der Waals surface area (Å²) in [5, 5.41) is 3.59. The number of rotatable bonds is 7. The number of hydrogen-bond acceptors (Lipinski definition) is 3. The lowest BCUT2D eigenvalue weighted by molar-refractivity contribution is 0.0687. The largest absolute Gasteiger partial charge is 0.315 e. The van der Waals surface area contributed by atoms with Gasteiger partial charge in [-0.1, -0.05) is 26.7 Å². The molecule has 1 saturated carbocycles. The smallest absolute Gasteiger partial charge is 0.0219 e. The van der Waals surface area contributed by atoms with Gasteiger partial charge in [0.1, 0.15) is 0 Å². The topological polar surface area (TPSA) is 18.5 Å². The molecule has 2 fully saturated rings. The van der Waals surface area contributed by atoms with Crippen molar-refractivity contribution in [2.45, 2.75) is 64.5 Å². The van der Waals surface area contributed by atoms with Crippen molar-refractivity contribution in [3.05, 3.63) is 0 Å². The van der Waals surface area contributed by atoms with Gasteiger partial charge in [-0.15, -0.1) is 0 Å². The molecule has 1 atom stereocenters. The summed E-state index contributed by atoms with van der Waals surface area (Å²) in [4.78, 5) is 5.48. The fourth-order valence-corrected chi connectivity index (χ4v) is 3.71. The van der Waals surface area contributed by atoms with Crippen LogP contribution in [0.15, 0.2) is 0 Å². The number of nitrogens with zero attached hydrogens (tertiary/aromatic N) is 2. The summed E-state index contributed by atoms with van der Waals surface area (Å²) in [5.41, 5.74) is 0. The Morgan fingerprint density at radius 2 is 1.74 bits per heavy atom. The Bertz CT molecular complexity index is 230. The van der Waals surface area contributed by atoms with Crippen LogP contribution in [0.3, 0.4) is 0 Å². The average molecular weight is 267 g/mol. The third-order valence-corrected chi connectivity index (χ3v) is 4.98. The van der Waals surface area contributed by atoms with E-state index in [1.54, 1.807) is 0 Å². The third kappa shape index (κ3) is 4.44. The molecule has 0 bridgehead atoms. The second-order valence-corrected chi connectivity index (χ2v) is 6.28. The maximum Gasteiger partial charge on any atom is 0.0219 e. The van der Waals surface area contributed by atoms with Crippen LogP contribution in [-0.4, -0.2) is 61.2 Å². The van der Waals surface area contributed by atoms with Gasteiger partial charge in [0.15, 0.2) is 0 Å². The Balaban J connectivity index is 1.71. The van der Waals surface area contributed by atoms with Gasteiger partial charge < -0.3 is 5.32 Å². The molecule has 2 rings (SSSR count). The summed E-state index contributed by atoms with van der Waals surface area (Å²) in [6.45, 7) is 12.1. The van der Waals surface area contributed by atoms with E-state index in [1.165, 1.54) is 77.8 Å². The zero-order chi connectivity index (χ0) is 13.5. The Morgan fingerprint density at radius 1 is 1.05 bits per heavy atom. The highest BCUT2D eigenvalue weighted by Crippen LogP contribution is 2.24. The first-order valence-corrected chi connectivity index (χ1v) is 8.54. The molecule has 2 aliphatic rings. The SMILES string of the molecule is CCCNCC(CC)N1CCN(C2CCCC2)CC1. The van der Waals surface area contributed by atoms with Crippen LogP contribution >= 0.6 is 0 Å². The van der Waals surface area contributed by atoms with E-state index in [2.05, 4.69) is 29.0 Å². The van der Waals surface area contributed by atoms with Crippen molar-refractivity contribution in [2.24, 2.45) is 0 Å². The lowest BCUT2D eigenvalue weighted by Gasteiger charge is -2.41. The highest BCUT2D eigenvalue weighted by molar-refractivity contribution is 4.84. The lowest BCUT2D eigenvalue weighted by Crippen LogP contribution is -2.54. The van der Waals surface area contributed by atoms with Gasteiger partial charge in [0.05, 0.1) is 0 Å². The normalized spacial score (nSPS) is 24.9. The van der Waals surface area contributed by atoms with E-state index >= 15 is 0 Å². The minimum atomic E-state index is 0.747. The molecular weight excluding hydrogens is 234 g/mol. The monoisotopic (exact) mass is 267 g/mol. The molecular formula is C16H33N3. The Labute approximate surface area is 119 Å². The van der Waals surface area contributed by atoms with Crippen LogP contribution < -0.4 is 5.32 Å². The number of nitrogens with one attached hydrogen (secondary N) is 1. The van der Waals surface area contributed by atoms with Crippen LogP contribution in [-0.2, 0) is 0 Å². The van der Waals surface area contributed by atoms with Gasteiger partial charge in [-0.05, 0) is 32.2 Å². The van der Waals surface area contributed by atoms with Crippen molar-refractivity contribution >= 4 is 0 Å². The summed E-state index contributed by atoms with van der Waals surface area (Å²) in [6.07, 6.45) is 8.35. The molecule has 0 aromatic heterocycles. The van der Waals surface area contributed by atoms with Crippen molar-refractivity contribution in [3.63, 3.8) is 0 Å². The fraction of sp³-hybridized carbons (Fsp3) is 1.00. The molecule has 3 nitrogen and oxygen atoms in total. The molecule has 1 unspecified atom stereocenters. The number of piperazine rings is 1. The maximum absolute atomic E-state index is 3.59. The van der Waals surface area contributed by atoms with E-state index in [1.807, 2.05) is 0 Å². The van der Waals surface area contributed by atoms with E-state index in [0.717, 1.165) is 12.1 Å². The molecule has 0 radical (unpaired) electrons. The van der Waals surface area contributed by atoms with Crippen LogP contribution in [0, 0.1) is 0 Å². The Hall–Kier alpha value is -0.120.